The molecule has 8 heteroatoms. The van der Waals surface area contributed by atoms with Crippen LogP contribution in [0, 0.1) is 0 Å². The molecule has 5 aliphatic heterocycles. The molecule has 0 saturated carbocycles. The monoisotopic (exact) mass is 1640 g/mol. The molecule has 0 bridgehead atoms. The van der Waals surface area contributed by atoms with E-state index >= 15 is 0 Å². The van der Waals surface area contributed by atoms with Crippen LogP contribution in [-0.4, -0.2) is 53.3 Å². The van der Waals surface area contributed by atoms with Crippen molar-refractivity contribution in [1.29, 1.82) is 0 Å². The minimum atomic E-state index is -0.0373. The van der Waals surface area contributed by atoms with E-state index in [0.29, 0.717) is 12.1 Å². The second-order valence-electron chi connectivity index (χ2n) is 38.3. The fraction of sp³-hybridized carbons (Fsp3) is 0.549. The first-order valence-corrected chi connectivity index (χ1v) is 49.0. The Morgan fingerprint density at radius 3 is 1.36 bits per heavy atom. The van der Waals surface area contributed by atoms with Gasteiger partial charge in [0.2, 0.25) is 22.8 Å². The number of likely N-dealkylation sites (N-methyl/N-ethyl adjacent to an activating group) is 1. The number of aromatic nitrogens is 1. The van der Waals surface area contributed by atoms with Gasteiger partial charge in [-0.2, -0.15) is 13.7 Å². The number of hydrogen-bond acceptors (Lipinski definition) is 5. The molecule has 6 heterocycles. The van der Waals surface area contributed by atoms with Crippen LogP contribution < -0.4 is 24.0 Å². The molecule has 654 valence electrons. The van der Waals surface area contributed by atoms with Crippen molar-refractivity contribution in [2.75, 3.05) is 35.3 Å². The van der Waals surface area contributed by atoms with E-state index in [2.05, 4.69) is 315 Å². The number of ether oxygens (including phenoxy) is 1. The molecule has 7 aromatic rings. The molecule has 1 aromatic heterocycles. The third-order valence-electron chi connectivity index (χ3n) is 27.4. The standard InChI is InChI=1S/C59H97N2.C29H37N2O2.C25H29N2/c1-9-11-13-15-17-19-21-23-25-27-29-31-33-35-42-50(3)60-54-46-39-37-44-52(54)58(5,6)56(60)48-41-49-57-59(7,8)53-45-38-40-47-55(53)61(57)51(4)43-36-34-32-30-28-26-24-22-20-18-16-14-12-10-2;1-3-5-7-13-22-30-24-16-9-11-18-26(24)32-28(30)20-15-21-29-31(23-14-8-6-4-2)25-17-10-12-19-27(25)33-29;1-24(2)18-12-7-9-14-20(18)26(5)22(24)16-11-17-23-25(3,4)19-13-8-10-15-21(19)27(23)6/h37-41,44-51H,9-36,42-43H2,1-8H3;9-12,15-21H,3-8,13-14,22-23H2,1-2H3;7-17H,1-6H3/q3*+1. The van der Waals surface area contributed by atoms with Crippen LogP contribution in [0.5, 0.6) is 5.75 Å². The highest BCUT2D eigenvalue weighted by Gasteiger charge is 2.47. The van der Waals surface area contributed by atoms with Crippen molar-refractivity contribution in [3.63, 3.8) is 0 Å². The molecule has 6 aromatic carbocycles. The van der Waals surface area contributed by atoms with Crippen LogP contribution >= 0.6 is 0 Å². The second-order valence-corrected chi connectivity index (χ2v) is 38.3. The van der Waals surface area contributed by atoms with Crippen molar-refractivity contribution in [2.45, 2.75) is 381 Å². The van der Waals surface area contributed by atoms with Crippen LogP contribution in [0.25, 0.3) is 17.2 Å². The van der Waals surface area contributed by atoms with E-state index in [9.17, 15) is 0 Å². The lowest BCUT2D eigenvalue weighted by molar-refractivity contribution is -0.678. The van der Waals surface area contributed by atoms with Gasteiger partial charge in [0.25, 0.3) is 5.52 Å². The number of oxazole rings is 1. The third-order valence-corrected chi connectivity index (χ3v) is 27.4. The Labute approximate surface area is 737 Å². The summed E-state index contributed by atoms with van der Waals surface area (Å²) < 4.78 is 19.7. The van der Waals surface area contributed by atoms with Crippen molar-refractivity contribution in [3.05, 3.63) is 240 Å². The highest BCUT2D eigenvalue weighted by atomic mass is 16.5. The predicted molar refractivity (Wildman–Crippen MR) is 524 cm³/mol. The van der Waals surface area contributed by atoms with Gasteiger partial charge in [-0.25, -0.2) is 0 Å². The van der Waals surface area contributed by atoms with Crippen molar-refractivity contribution in [2.24, 2.45) is 0 Å². The summed E-state index contributed by atoms with van der Waals surface area (Å²) in [5, 5.41) is 0. The van der Waals surface area contributed by atoms with E-state index in [-0.39, 0.29) is 21.7 Å². The van der Waals surface area contributed by atoms with E-state index in [0.717, 1.165) is 60.2 Å². The Hall–Kier alpha value is -8.23. The molecule has 12 rings (SSSR count). The number of hydrogen-bond donors (Lipinski definition) is 0. The summed E-state index contributed by atoms with van der Waals surface area (Å²) in [5.41, 5.74) is 19.9. The number of fused-ring (bicyclic) bond motifs is 6. The van der Waals surface area contributed by atoms with Gasteiger partial charge < -0.3 is 23.9 Å². The van der Waals surface area contributed by atoms with Gasteiger partial charge in [-0.1, -0.05) is 370 Å². The second kappa shape index (κ2) is 48.1. The normalized spacial score (nSPS) is 17.4. The van der Waals surface area contributed by atoms with Gasteiger partial charge in [-0.3, -0.25) is 0 Å². The molecule has 2 unspecified atom stereocenters. The van der Waals surface area contributed by atoms with Gasteiger partial charge in [-0.05, 0) is 133 Å². The summed E-state index contributed by atoms with van der Waals surface area (Å²) in [6, 6.07) is 53.4. The molecule has 0 radical (unpaired) electrons. The summed E-state index contributed by atoms with van der Waals surface area (Å²) in [6.07, 6.45) is 72.3. The Morgan fingerprint density at radius 2 is 0.793 bits per heavy atom. The van der Waals surface area contributed by atoms with E-state index < -0.39 is 0 Å². The van der Waals surface area contributed by atoms with Gasteiger partial charge in [0.05, 0.1) is 22.6 Å². The molecule has 121 heavy (non-hydrogen) atoms. The van der Waals surface area contributed by atoms with Crippen molar-refractivity contribution in [3.8, 4) is 5.75 Å². The fourth-order valence-corrected chi connectivity index (χ4v) is 20.1. The zero-order valence-corrected chi connectivity index (χ0v) is 79.0. The minimum absolute atomic E-state index is 0.0143. The van der Waals surface area contributed by atoms with Crippen LogP contribution in [0.4, 0.5) is 28.4 Å². The maximum Gasteiger partial charge on any atom is 0.374 e. The molecular formula is C113H163N6O2+3. The molecule has 2 atom stereocenters. The third kappa shape index (κ3) is 25.1. The number of anilines is 3. The first kappa shape index (κ1) is 95.0. The predicted octanol–water partition coefficient (Wildman–Crippen LogP) is 32.0. The number of allylic oxidation sites excluding steroid dienone is 10. The highest BCUT2D eigenvalue weighted by Crippen LogP contribution is 2.51. The topological polar surface area (TPSA) is 42.0 Å². The van der Waals surface area contributed by atoms with Crippen LogP contribution in [-0.2, 0) is 28.2 Å². The number of rotatable bonds is 48. The molecule has 0 spiro atoms. The Balaban J connectivity index is 0.000000212. The lowest BCUT2D eigenvalue weighted by Crippen LogP contribution is -2.35. The quantitative estimate of drug-likeness (QED) is 0.0281. The smallest absolute Gasteiger partial charge is 0.374 e. The molecule has 0 aliphatic carbocycles. The van der Waals surface area contributed by atoms with E-state index in [1.165, 1.54) is 299 Å². The summed E-state index contributed by atoms with van der Waals surface area (Å²) in [4.78, 5) is 7.33. The highest BCUT2D eigenvalue weighted by molar-refractivity contribution is 6.04. The molecule has 0 saturated heterocycles. The summed E-state index contributed by atoms with van der Waals surface area (Å²) in [5.74, 6) is 2.70. The molecule has 0 N–H and O–H groups in total. The zero-order valence-electron chi connectivity index (χ0n) is 79.0. The number of unbranched alkanes of at least 4 members (excludes halogenated alkanes) is 32. The molecule has 5 aliphatic rings. The SMILES string of the molecule is CCCCCCCCCCCCCCCCC(C)N1C(=CC=CC2=[N+](C(C)CCCCCCCCCCCCCCCC)c3ccccc3C2(C)C)C(C)(C)c2ccccc21.CCCCCCN1C(=CC=Cc2oc3ccccc3[n+]2CCCCCC)Oc2ccccc21.CN1C(=CC=CC2=[N+](C)c3ccccc3C2(C)C)C(C)(C)c2ccccc21. The first-order chi connectivity index (χ1) is 58.7. The Morgan fingerprint density at radius 1 is 0.380 bits per heavy atom. The van der Waals surface area contributed by atoms with Crippen LogP contribution in [0.2, 0.25) is 0 Å². The molecule has 0 amide bonds. The maximum atomic E-state index is 6.19. The maximum absolute atomic E-state index is 6.19. The Bertz CT molecular complexity index is 4590. The Kier molecular flexibility index (Phi) is 37.8. The molecular weight excluding hydrogens is 1470 g/mol. The number of aryl methyl sites for hydroxylation is 1. The van der Waals surface area contributed by atoms with E-state index in [1.54, 1.807) is 0 Å². The lowest BCUT2D eigenvalue weighted by Gasteiger charge is -2.32. The summed E-state index contributed by atoms with van der Waals surface area (Å²) >= 11 is 0. The van der Waals surface area contributed by atoms with Gasteiger partial charge in [0, 0.05) is 108 Å². The fourth-order valence-electron chi connectivity index (χ4n) is 20.1. The van der Waals surface area contributed by atoms with Crippen LogP contribution in [0.3, 0.4) is 0 Å². The van der Waals surface area contributed by atoms with Gasteiger partial charge in [-0.15, -0.1) is 0 Å². The van der Waals surface area contributed by atoms with E-state index in [1.807, 2.05) is 24.3 Å². The van der Waals surface area contributed by atoms with Gasteiger partial charge in [0.15, 0.2) is 29.8 Å². The number of nitrogens with zero attached hydrogens (tertiary/aromatic N) is 6. The lowest BCUT2D eigenvalue weighted by atomic mass is 9.81. The first-order valence-electron chi connectivity index (χ1n) is 49.0. The summed E-state index contributed by atoms with van der Waals surface area (Å²) in [7, 11) is 4.34. The molecule has 0 fully saturated rings. The number of para-hydroxylation sites is 8. The zero-order chi connectivity index (χ0) is 86.0. The van der Waals surface area contributed by atoms with Crippen molar-refractivity contribution in [1.82, 2.24) is 0 Å². The van der Waals surface area contributed by atoms with E-state index in [4.69, 9.17) is 9.15 Å². The number of benzene rings is 6. The van der Waals surface area contributed by atoms with Gasteiger partial charge >= 0.3 is 5.89 Å². The molecule has 8 nitrogen and oxygen atoms in total. The minimum Gasteiger partial charge on any atom is -0.439 e. The van der Waals surface area contributed by atoms with Crippen molar-refractivity contribution >= 4 is 57.0 Å². The average Bonchev–Trinajstić information content (AvgIpc) is 1.58. The average molecular weight is 1640 g/mol. The summed E-state index contributed by atoms with van der Waals surface area (Å²) in [6.45, 7) is 35.0. The van der Waals surface area contributed by atoms with Crippen LogP contribution in [0.15, 0.2) is 216 Å². The van der Waals surface area contributed by atoms with Gasteiger partial charge in [0.1, 0.15) is 7.05 Å². The largest absolute Gasteiger partial charge is 0.439 e. The van der Waals surface area contributed by atoms with Crippen LogP contribution in [0.1, 0.15) is 369 Å². The van der Waals surface area contributed by atoms with Crippen molar-refractivity contribution < 1.29 is 22.9 Å².